The maximum atomic E-state index is 11.1. The molecule has 0 saturated heterocycles. The molecule has 1 atom stereocenters. The van der Waals surface area contributed by atoms with E-state index in [1.54, 1.807) is 0 Å². The molecule has 0 aromatic heterocycles. The van der Waals surface area contributed by atoms with Crippen molar-refractivity contribution in [2.24, 2.45) is 0 Å². The molecule has 1 aliphatic rings. The SMILES string of the molecule is CC(=O)Nc1ccc(NC2CSc3ccccc32)cc1C. The van der Waals surface area contributed by atoms with Crippen molar-refractivity contribution < 1.29 is 4.79 Å². The van der Waals surface area contributed by atoms with Crippen LogP contribution in [0.5, 0.6) is 0 Å². The van der Waals surface area contributed by atoms with Crippen LogP contribution in [-0.4, -0.2) is 11.7 Å². The van der Waals surface area contributed by atoms with Crippen molar-refractivity contribution in [2.45, 2.75) is 24.8 Å². The highest BCUT2D eigenvalue weighted by Gasteiger charge is 2.22. The number of benzene rings is 2. The fourth-order valence-electron chi connectivity index (χ4n) is 2.57. The number of aryl methyl sites for hydroxylation is 1. The van der Waals surface area contributed by atoms with Gasteiger partial charge in [0.15, 0.2) is 0 Å². The fraction of sp³-hybridized carbons (Fsp3) is 0.235. The molecule has 2 aromatic rings. The summed E-state index contributed by atoms with van der Waals surface area (Å²) in [6, 6.07) is 14.9. The lowest BCUT2D eigenvalue weighted by Crippen LogP contribution is -2.11. The van der Waals surface area contributed by atoms with E-state index < -0.39 is 0 Å². The first-order valence-corrected chi connectivity index (χ1v) is 7.98. The van der Waals surface area contributed by atoms with Gasteiger partial charge in [-0.3, -0.25) is 4.79 Å². The maximum Gasteiger partial charge on any atom is 0.221 e. The Bertz CT molecular complexity index is 684. The summed E-state index contributed by atoms with van der Waals surface area (Å²) in [5.74, 6) is 1.01. The summed E-state index contributed by atoms with van der Waals surface area (Å²) in [4.78, 5) is 12.5. The maximum absolute atomic E-state index is 11.1. The summed E-state index contributed by atoms with van der Waals surface area (Å²) in [7, 11) is 0. The Kier molecular flexibility index (Phi) is 3.88. The van der Waals surface area contributed by atoms with Gasteiger partial charge < -0.3 is 10.6 Å². The molecule has 0 saturated carbocycles. The monoisotopic (exact) mass is 298 g/mol. The van der Waals surface area contributed by atoms with Gasteiger partial charge in [-0.05, 0) is 42.3 Å². The molecule has 3 rings (SSSR count). The van der Waals surface area contributed by atoms with Gasteiger partial charge in [0, 0.05) is 28.9 Å². The van der Waals surface area contributed by atoms with Crippen molar-refractivity contribution in [3.63, 3.8) is 0 Å². The highest BCUT2D eigenvalue weighted by molar-refractivity contribution is 7.99. The first-order valence-electron chi connectivity index (χ1n) is 7.00. The van der Waals surface area contributed by atoms with E-state index in [9.17, 15) is 4.79 Å². The van der Waals surface area contributed by atoms with E-state index in [1.165, 1.54) is 17.4 Å². The molecule has 1 heterocycles. The van der Waals surface area contributed by atoms with Crippen molar-refractivity contribution in [3.05, 3.63) is 53.6 Å². The Morgan fingerprint density at radius 2 is 2.05 bits per heavy atom. The molecular formula is C17H18N2OS. The van der Waals surface area contributed by atoms with E-state index in [-0.39, 0.29) is 5.91 Å². The molecule has 2 aromatic carbocycles. The third kappa shape index (κ3) is 3.05. The van der Waals surface area contributed by atoms with Gasteiger partial charge in [0.25, 0.3) is 0 Å². The highest BCUT2D eigenvalue weighted by atomic mass is 32.2. The summed E-state index contributed by atoms with van der Waals surface area (Å²) in [5.41, 5.74) is 4.39. The number of thioether (sulfide) groups is 1. The number of rotatable bonds is 3. The van der Waals surface area contributed by atoms with Crippen LogP contribution in [0.1, 0.15) is 24.1 Å². The van der Waals surface area contributed by atoms with E-state index in [0.29, 0.717) is 6.04 Å². The number of carbonyl (C=O) groups is 1. The number of nitrogens with one attached hydrogen (secondary N) is 2. The zero-order valence-corrected chi connectivity index (χ0v) is 13.0. The van der Waals surface area contributed by atoms with Gasteiger partial charge in [-0.15, -0.1) is 11.8 Å². The van der Waals surface area contributed by atoms with Crippen molar-refractivity contribution in [1.29, 1.82) is 0 Å². The van der Waals surface area contributed by atoms with Crippen molar-refractivity contribution in [1.82, 2.24) is 0 Å². The fourth-order valence-corrected chi connectivity index (χ4v) is 3.73. The average molecular weight is 298 g/mol. The van der Waals surface area contributed by atoms with Crippen molar-refractivity contribution >= 4 is 29.0 Å². The zero-order chi connectivity index (χ0) is 14.8. The predicted molar refractivity (Wildman–Crippen MR) is 89.0 cm³/mol. The summed E-state index contributed by atoms with van der Waals surface area (Å²) >= 11 is 1.89. The lowest BCUT2D eigenvalue weighted by molar-refractivity contribution is -0.114. The topological polar surface area (TPSA) is 41.1 Å². The van der Waals surface area contributed by atoms with E-state index >= 15 is 0 Å². The molecule has 1 aliphatic heterocycles. The Labute approximate surface area is 129 Å². The number of fused-ring (bicyclic) bond motifs is 1. The standard InChI is InChI=1S/C17H18N2OS/c1-11-9-13(7-8-15(11)18-12(2)20)19-16-10-21-17-6-4-3-5-14(16)17/h3-9,16,19H,10H2,1-2H3,(H,18,20). The Morgan fingerprint density at radius 3 is 2.81 bits per heavy atom. The molecule has 0 fully saturated rings. The second-order valence-corrected chi connectivity index (χ2v) is 6.32. The number of hydrogen-bond acceptors (Lipinski definition) is 3. The van der Waals surface area contributed by atoms with Gasteiger partial charge in [0.2, 0.25) is 5.91 Å². The Hall–Kier alpha value is -1.94. The van der Waals surface area contributed by atoms with Crippen LogP contribution in [0.3, 0.4) is 0 Å². The normalized spacial score (nSPS) is 16.4. The highest BCUT2D eigenvalue weighted by Crippen LogP contribution is 2.39. The molecule has 0 radical (unpaired) electrons. The first kappa shape index (κ1) is 14.0. The van der Waals surface area contributed by atoms with Gasteiger partial charge >= 0.3 is 0 Å². The molecule has 3 nitrogen and oxygen atoms in total. The van der Waals surface area contributed by atoms with Gasteiger partial charge in [-0.1, -0.05) is 18.2 Å². The summed E-state index contributed by atoms with van der Waals surface area (Å²) in [6.07, 6.45) is 0. The van der Waals surface area contributed by atoms with E-state index in [2.05, 4.69) is 41.0 Å². The molecule has 21 heavy (non-hydrogen) atoms. The largest absolute Gasteiger partial charge is 0.377 e. The third-order valence-corrected chi connectivity index (χ3v) is 4.76. The van der Waals surface area contributed by atoms with Crippen LogP contribution < -0.4 is 10.6 Å². The van der Waals surface area contributed by atoms with Crippen LogP contribution in [-0.2, 0) is 4.79 Å². The molecule has 1 amide bonds. The lowest BCUT2D eigenvalue weighted by atomic mass is 10.1. The van der Waals surface area contributed by atoms with Crippen LogP contribution in [0.2, 0.25) is 0 Å². The molecule has 0 spiro atoms. The van der Waals surface area contributed by atoms with Gasteiger partial charge in [-0.25, -0.2) is 0 Å². The number of hydrogen-bond donors (Lipinski definition) is 2. The van der Waals surface area contributed by atoms with Crippen LogP contribution >= 0.6 is 11.8 Å². The minimum atomic E-state index is -0.0417. The van der Waals surface area contributed by atoms with Gasteiger partial charge in [0.1, 0.15) is 0 Å². The minimum Gasteiger partial charge on any atom is -0.377 e. The third-order valence-electron chi connectivity index (χ3n) is 3.58. The molecule has 4 heteroatoms. The van der Waals surface area contributed by atoms with E-state index in [0.717, 1.165) is 22.7 Å². The van der Waals surface area contributed by atoms with Crippen LogP contribution in [0.4, 0.5) is 11.4 Å². The van der Waals surface area contributed by atoms with Crippen LogP contribution in [0.15, 0.2) is 47.4 Å². The molecule has 108 valence electrons. The quantitative estimate of drug-likeness (QED) is 0.891. The van der Waals surface area contributed by atoms with Crippen LogP contribution in [0, 0.1) is 6.92 Å². The summed E-state index contributed by atoms with van der Waals surface area (Å²) in [5, 5.41) is 6.42. The summed E-state index contributed by atoms with van der Waals surface area (Å²) in [6.45, 7) is 3.53. The summed E-state index contributed by atoms with van der Waals surface area (Å²) < 4.78 is 0. The predicted octanol–water partition coefficient (Wildman–Crippen LogP) is 4.21. The molecule has 1 unspecified atom stereocenters. The molecule has 0 bridgehead atoms. The van der Waals surface area contributed by atoms with Gasteiger partial charge in [0.05, 0.1) is 6.04 Å². The molecular weight excluding hydrogens is 280 g/mol. The second kappa shape index (κ2) is 5.82. The average Bonchev–Trinajstić information content (AvgIpc) is 2.85. The number of amides is 1. The molecule has 2 N–H and O–H groups in total. The zero-order valence-electron chi connectivity index (χ0n) is 12.1. The molecule has 0 aliphatic carbocycles. The smallest absolute Gasteiger partial charge is 0.221 e. The Balaban J connectivity index is 1.77. The van der Waals surface area contributed by atoms with Crippen molar-refractivity contribution in [3.8, 4) is 0 Å². The second-order valence-electron chi connectivity index (χ2n) is 5.26. The number of carbonyl (C=O) groups excluding carboxylic acids is 1. The first-order chi connectivity index (χ1) is 10.1. The van der Waals surface area contributed by atoms with E-state index in [4.69, 9.17) is 0 Å². The van der Waals surface area contributed by atoms with Crippen LogP contribution in [0.25, 0.3) is 0 Å². The minimum absolute atomic E-state index is 0.0417. The van der Waals surface area contributed by atoms with Crippen molar-refractivity contribution in [2.75, 3.05) is 16.4 Å². The number of anilines is 2. The van der Waals surface area contributed by atoms with E-state index in [1.807, 2.05) is 30.8 Å². The lowest BCUT2D eigenvalue weighted by Gasteiger charge is -2.16. The van der Waals surface area contributed by atoms with Gasteiger partial charge in [-0.2, -0.15) is 0 Å². The Morgan fingerprint density at radius 1 is 1.24 bits per heavy atom.